The van der Waals surface area contributed by atoms with Crippen LogP contribution >= 0.6 is 11.6 Å². The average molecular weight is 402 g/mol. The highest BCUT2D eigenvalue weighted by atomic mass is 35.5. The lowest BCUT2D eigenvalue weighted by Crippen LogP contribution is -2.34. The largest absolute Gasteiger partial charge is 0.484 e. The first-order chi connectivity index (χ1) is 13.4. The van der Waals surface area contributed by atoms with Crippen LogP contribution in [0.3, 0.4) is 0 Å². The minimum atomic E-state index is -0.294. The van der Waals surface area contributed by atoms with Crippen LogP contribution < -0.4 is 15.6 Å². The number of aromatic nitrogens is 4. The lowest BCUT2D eigenvalue weighted by Gasteiger charge is -2.10. The van der Waals surface area contributed by atoms with E-state index in [1.165, 1.54) is 10.7 Å². The molecular weight excluding hydrogens is 382 g/mol. The molecule has 0 aliphatic rings. The fourth-order valence-corrected chi connectivity index (χ4v) is 2.73. The van der Waals surface area contributed by atoms with Gasteiger partial charge in [0.2, 0.25) is 0 Å². The Balaban J connectivity index is 1.54. The molecular formula is C19H20ClN5O3. The molecule has 0 spiro atoms. The molecule has 0 bridgehead atoms. The molecule has 2 heterocycles. The monoisotopic (exact) mass is 401 g/mol. The van der Waals surface area contributed by atoms with Crippen LogP contribution in [0.15, 0.2) is 47.3 Å². The summed E-state index contributed by atoms with van der Waals surface area (Å²) in [5.41, 5.74) is 1.53. The van der Waals surface area contributed by atoms with E-state index in [1.54, 1.807) is 35.0 Å². The fraction of sp³-hybridized carbons (Fsp3) is 0.263. The highest BCUT2D eigenvalue weighted by Gasteiger charge is 2.08. The van der Waals surface area contributed by atoms with Gasteiger partial charge in [0.15, 0.2) is 12.4 Å². The summed E-state index contributed by atoms with van der Waals surface area (Å²) in [6, 6.07) is 11.7. The van der Waals surface area contributed by atoms with E-state index in [0.717, 1.165) is 11.4 Å². The van der Waals surface area contributed by atoms with Gasteiger partial charge in [-0.1, -0.05) is 11.6 Å². The van der Waals surface area contributed by atoms with E-state index in [4.69, 9.17) is 16.3 Å². The molecule has 1 amide bonds. The maximum Gasteiger partial charge on any atom is 0.266 e. The molecule has 2 aromatic heterocycles. The van der Waals surface area contributed by atoms with Crippen molar-refractivity contribution in [2.75, 3.05) is 13.2 Å². The van der Waals surface area contributed by atoms with Crippen molar-refractivity contribution in [2.24, 2.45) is 0 Å². The number of amides is 1. The van der Waals surface area contributed by atoms with E-state index in [9.17, 15) is 9.59 Å². The molecule has 0 saturated heterocycles. The number of carbonyl (C=O) groups is 1. The van der Waals surface area contributed by atoms with Crippen molar-refractivity contribution in [3.05, 3.63) is 69.2 Å². The fourth-order valence-electron chi connectivity index (χ4n) is 2.60. The lowest BCUT2D eigenvalue weighted by atomic mass is 10.3. The molecule has 3 aromatic rings. The number of aryl methyl sites for hydroxylation is 2. The molecule has 146 valence electrons. The molecule has 9 heteroatoms. The Morgan fingerprint density at radius 1 is 1.14 bits per heavy atom. The minimum absolute atomic E-state index is 0.129. The van der Waals surface area contributed by atoms with Crippen molar-refractivity contribution in [1.82, 2.24) is 24.9 Å². The summed E-state index contributed by atoms with van der Waals surface area (Å²) in [6.07, 6.45) is 0. The summed E-state index contributed by atoms with van der Waals surface area (Å²) < 4.78 is 8.34. The van der Waals surface area contributed by atoms with Crippen LogP contribution in [0.4, 0.5) is 0 Å². The van der Waals surface area contributed by atoms with Gasteiger partial charge in [-0.3, -0.25) is 9.59 Å². The number of rotatable bonds is 7. The number of benzene rings is 1. The van der Waals surface area contributed by atoms with Crippen molar-refractivity contribution < 1.29 is 9.53 Å². The summed E-state index contributed by atoms with van der Waals surface area (Å²) in [4.78, 5) is 23.9. The number of nitrogens with zero attached hydrogens (tertiary/aromatic N) is 4. The van der Waals surface area contributed by atoms with Crippen molar-refractivity contribution in [3.8, 4) is 11.6 Å². The zero-order valence-electron chi connectivity index (χ0n) is 15.6. The van der Waals surface area contributed by atoms with Crippen LogP contribution in [0, 0.1) is 13.8 Å². The predicted octanol–water partition coefficient (Wildman–Crippen LogP) is 1.89. The summed E-state index contributed by atoms with van der Waals surface area (Å²) in [6.45, 7) is 4.16. The van der Waals surface area contributed by atoms with E-state index < -0.39 is 0 Å². The highest BCUT2D eigenvalue weighted by molar-refractivity contribution is 6.30. The van der Waals surface area contributed by atoms with Crippen LogP contribution in [0.1, 0.15) is 11.4 Å². The van der Waals surface area contributed by atoms with Crippen LogP contribution in [0.2, 0.25) is 5.02 Å². The van der Waals surface area contributed by atoms with E-state index in [-0.39, 0.29) is 31.2 Å². The number of hydrogen-bond donors (Lipinski definition) is 1. The summed E-state index contributed by atoms with van der Waals surface area (Å²) in [7, 11) is 0. The van der Waals surface area contributed by atoms with Gasteiger partial charge in [0.25, 0.3) is 11.5 Å². The van der Waals surface area contributed by atoms with Crippen LogP contribution in [-0.2, 0) is 11.3 Å². The van der Waals surface area contributed by atoms with E-state index in [1.807, 2.05) is 19.9 Å². The highest BCUT2D eigenvalue weighted by Crippen LogP contribution is 2.15. The average Bonchev–Trinajstić information content (AvgIpc) is 3.01. The van der Waals surface area contributed by atoms with Gasteiger partial charge in [0.05, 0.1) is 12.2 Å². The molecule has 0 unspecified atom stereocenters. The topological polar surface area (TPSA) is 91.0 Å². The SMILES string of the molecule is Cc1cc(C)n(-c2ccc(=O)n(CCNC(=O)COc3ccc(Cl)cc3)n2)n1. The summed E-state index contributed by atoms with van der Waals surface area (Å²) in [5, 5.41) is 12.0. The molecule has 1 aromatic carbocycles. The van der Waals surface area contributed by atoms with E-state index >= 15 is 0 Å². The lowest BCUT2D eigenvalue weighted by molar-refractivity contribution is -0.123. The minimum Gasteiger partial charge on any atom is -0.484 e. The Morgan fingerprint density at radius 3 is 2.57 bits per heavy atom. The zero-order valence-corrected chi connectivity index (χ0v) is 16.3. The van der Waals surface area contributed by atoms with E-state index in [2.05, 4.69) is 15.5 Å². The first-order valence-corrected chi connectivity index (χ1v) is 9.07. The molecule has 0 aliphatic carbocycles. The van der Waals surface area contributed by atoms with Gasteiger partial charge >= 0.3 is 0 Å². The number of halogens is 1. The van der Waals surface area contributed by atoms with Crippen LogP contribution in [0.5, 0.6) is 5.75 Å². The van der Waals surface area contributed by atoms with Crippen molar-refractivity contribution in [1.29, 1.82) is 0 Å². The molecule has 0 atom stereocenters. The molecule has 0 aliphatic heterocycles. The smallest absolute Gasteiger partial charge is 0.266 e. The molecule has 1 N–H and O–H groups in total. The molecule has 0 fully saturated rings. The standard InChI is InChI=1S/C19H20ClN5O3/c1-13-11-14(2)25(22-13)17-7-8-19(27)24(23-17)10-9-21-18(26)12-28-16-5-3-15(20)4-6-16/h3-8,11H,9-10,12H2,1-2H3,(H,21,26). The second-order valence-corrected chi connectivity index (χ2v) is 6.62. The first kappa shape index (κ1) is 19.6. The second kappa shape index (κ2) is 8.71. The Hall–Kier alpha value is -3.13. The van der Waals surface area contributed by atoms with Crippen LogP contribution in [0.25, 0.3) is 5.82 Å². The molecule has 0 saturated carbocycles. The quantitative estimate of drug-likeness (QED) is 0.652. The normalized spacial score (nSPS) is 10.7. The van der Waals surface area contributed by atoms with Crippen molar-refractivity contribution in [3.63, 3.8) is 0 Å². The summed E-state index contributed by atoms with van der Waals surface area (Å²) in [5.74, 6) is 0.801. The Morgan fingerprint density at radius 2 is 1.89 bits per heavy atom. The van der Waals surface area contributed by atoms with Gasteiger partial charge < -0.3 is 10.1 Å². The van der Waals surface area contributed by atoms with Gasteiger partial charge in [-0.25, -0.2) is 9.36 Å². The van der Waals surface area contributed by atoms with Gasteiger partial charge in [0, 0.05) is 23.3 Å². The van der Waals surface area contributed by atoms with E-state index in [0.29, 0.717) is 16.6 Å². The Bertz CT molecular complexity index is 1030. The molecule has 28 heavy (non-hydrogen) atoms. The summed E-state index contributed by atoms with van der Waals surface area (Å²) >= 11 is 5.80. The van der Waals surface area contributed by atoms with Crippen LogP contribution in [-0.4, -0.2) is 38.6 Å². The van der Waals surface area contributed by atoms with Crippen molar-refractivity contribution >= 4 is 17.5 Å². The van der Waals surface area contributed by atoms with Gasteiger partial charge in [0.1, 0.15) is 5.75 Å². The maximum absolute atomic E-state index is 12.0. The number of ether oxygens (including phenoxy) is 1. The Labute approximate surface area is 166 Å². The third-order valence-corrected chi connectivity index (χ3v) is 4.16. The van der Waals surface area contributed by atoms with Gasteiger partial charge in [-0.2, -0.15) is 5.10 Å². The number of carbonyl (C=O) groups excluding carboxylic acids is 1. The number of hydrogen-bond acceptors (Lipinski definition) is 5. The molecule has 8 nitrogen and oxygen atoms in total. The third kappa shape index (κ3) is 4.98. The second-order valence-electron chi connectivity index (χ2n) is 6.18. The van der Waals surface area contributed by atoms with Gasteiger partial charge in [-0.15, -0.1) is 5.10 Å². The molecule has 0 radical (unpaired) electrons. The van der Waals surface area contributed by atoms with Crippen molar-refractivity contribution in [2.45, 2.75) is 20.4 Å². The third-order valence-electron chi connectivity index (χ3n) is 3.91. The molecule has 3 rings (SSSR count). The first-order valence-electron chi connectivity index (χ1n) is 8.69. The maximum atomic E-state index is 12.0. The number of nitrogens with one attached hydrogen (secondary N) is 1. The zero-order chi connectivity index (χ0) is 20.1. The Kier molecular flexibility index (Phi) is 6.10. The van der Waals surface area contributed by atoms with Gasteiger partial charge in [-0.05, 0) is 50.2 Å². The predicted molar refractivity (Wildman–Crippen MR) is 105 cm³/mol.